The number of sulfone groups is 1. The molecule has 4 rings (SSSR count). The average molecular weight is 563 g/mol. The molecule has 2 amide bonds. The van der Waals surface area contributed by atoms with Crippen molar-refractivity contribution in [2.45, 2.75) is 51.0 Å². The summed E-state index contributed by atoms with van der Waals surface area (Å²) in [6, 6.07) is 11.9. The van der Waals surface area contributed by atoms with Gasteiger partial charge in [-0.1, -0.05) is 35.0 Å². The molecule has 7 nitrogen and oxygen atoms in total. The molecule has 188 valence electrons. The molecule has 0 saturated carbocycles. The number of fused-ring (bicyclic) bond motifs is 1. The molecule has 0 N–H and O–H groups in total. The number of rotatable bonds is 6. The summed E-state index contributed by atoms with van der Waals surface area (Å²) in [7, 11) is -3.77. The minimum Gasteiger partial charge on any atom is -0.365 e. The first-order valence-corrected chi connectivity index (χ1v) is 14.5. The van der Waals surface area contributed by atoms with Crippen LogP contribution >= 0.6 is 15.9 Å². The van der Waals surface area contributed by atoms with Gasteiger partial charge in [0, 0.05) is 55.2 Å². The van der Waals surface area contributed by atoms with Gasteiger partial charge >= 0.3 is 0 Å². The van der Waals surface area contributed by atoms with Crippen LogP contribution in [0.15, 0.2) is 45.8 Å². The first-order valence-electron chi connectivity index (χ1n) is 12.1. The van der Waals surface area contributed by atoms with Crippen molar-refractivity contribution in [3.63, 3.8) is 0 Å². The summed E-state index contributed by atoms with van der Waals surface area (Å²) < 4.78 is 27.4. The van der Waals surface area contributed by atoms with E-state index < -0.39 is 9.84 Å². The number of aryl methyl sites for hydroxylation is 1. The number of nitrogens with zero attached hydrogens (tertiary/aromatic N) is 3. The fourth-order valence-corrected chi connectivity index (χ4v) is 7.17. The third kappa shape index (κ3) is 5.40. The van der Waals surface area contributed by atoms with E-state index in [-0.39, 0.29) is 34.9 Å². The highest BCUT2D eigenvalue weighted by atomic mass is 79.9. The normalized spacial score (nSPS) is 18.1. The van der Waals surface area contributed by atoms with Gasteiger partial charge in [-0.05, 0) is 55.7 Å². The van der Waals surface area contributed by atoms with Crippen molar-refractivity contribution in [1.82, 2.24) is 4.90 Å². The lowest BCUT2D eigenvalue weighted by molar-refractivity contribution is -0.131. The number of hydrogen-bond donors (Lipinski definition) is 0. The molecule has 1 saturated heterocycles. The smallest absolute Gasteiger partial charge is 0.226 e. The van der Waals surface area contributed by atoms with E-state index in [0.29, 0.717) is 49.2 Å². The van der Waals surface area contributed by atoms with Gasteiger partial charge in [-0.25, -0.2) is 8.42 Å². The van der Waals surface area contributed by atoms with Crippen LogP contribution in [0.5, 0.6) is 0 Å². The van der Waals surface area contributed by atoms with Crippen LogP contribution in [0, 0.1) is 6.92 Å². The Hall–Kier alpha value is -2.39. The standard InChI is InChI=1S/C26H32BrN3O4S/c1-4-24(31)30-10-8-20-15-21(27)16-23(26(20)30)35(33,34)13-9-25(32)28-11-12-29(19(3)17-28)22-7-5-6-18(2)14-22/h5-7,14-16,19H,4,8-13,17H2,1-3H3/t19-/m1/s1. The van der Waals surface area contributed by atoms with Crippen molar-refractivity contribution >= 4 is 49.0 Å². The summed E-state index contributed by atoms with van der Waals surface area (Å²) in [5.41, 5.74) is 3.65. The molecule has 1 atom stereocenters. The van der Waals surface area contributed by atoms with Gasteiger partial charge < -0.3 is 14.7 Å². The molecular formula is C26H32BrN3O4S. The van der Waals surface area contributed by atoms with Crippen molar-refractivity contribution in [3.05, 3.63) is 52.0 Å². The number of amides is 2. The molecule has 2 aliphatic rings. The second-order valence-corrected chi connectivity index (χ2v) is 12.3. The summed E-state index contributed by atoms with van der Waals surface area (Å²) >= 11 is 3.41. The molecule has 0 aromatic heterocycles. The van der Waals surface area contributed by atoms with Crippen molar-refractivity contribution in [2.75, 3.05) is 41.7 Å². The number of hydrogen-bond acceptors (Lipinski definition) is 5. The maximum atomic E-state index is 13.4. The minimum atomic E-state index is -3.77. The summed E-state index contributed by atoms with van der Waals surface area (Å²) in [6.07, 6.45) is 0.841. The summed E-state index contributed by atoms with van der Waals surface area (Å²) in [5.74, 6) is -0.536. The Bertz CT molecular complexity index is 1250. The van der Waals surface area contributed by atoms with Crippen LogP contribution in [0.1, 0.15) is 37.8 Å². The van der Waals surface area contributed by atoms with Crippen LogP contribution in [0.4, 0.5) is 11.4 Å². The maximum Gasteiger partial charge on any atom is 0.226 e. The lowest BCUT2D eigenvalue weighted by atomic mass is 10.1. The number of carbonyl (C=O) groups excluding carboxylic acids is 2. The van der Waals surface area contributed by atoms with E-state index in [1.165, 1.54) is 5.56 Å². The minimum absolute atomic E-state index is 0.0808. The third-order valence-corrected chi connectivity index (χ3v) is 9.01. The molecule has 9 heteroatoms. The van der Waals surface area contributed by atoms with E-state index >= 15 is 0 Å². The number of piperazine rings is 1. The van der Waals surface area contributed by atoms with Crippen LogP contribution in [0.25, 0.3) is 0 Å². The molecule has 0 bridgehead atoms. The van der Waals surface area contributed by atoms with Crippen LogP contribution in [-0.2, 0) is 25.8 Å². The molecule has 2 aromatic carbocycles. The predicted molar refractivity (Wildman–Crippen MR) is 142 cm³/mol. The van der Waals surface area contributed by atoms with Crippen molar-refractivity contribution < 1.29 is 18.0 Å². The van der Waals surface area contributed by atoms with Gasteiger partial charge in [-0.15, -0.1) is 0 Å². The van der Waals surface area contributed by atoms with Crippen LogP contribution in [0.2, 0.25) is 0 Å². The number of benzene rings is 2. The largest absolute Gasteiger partial charge is 0.365 e. The Labute approximate surface area is 216 Å². The molecule has 1 fully saturated rings. The van der Waals surface area contributed by atoms with Gasteiger partial charge in [0.2, 0.25) is 11.8 Å². The second-order valence-electron chi connectivity index (χ2n) is 9.35. The molecule has 2 aromatic rings. The molecule has 35 heavy (non-hydrogen) atoms. The number of anilines is 2. The topological polar surface area (TPSA) is 78.0 Å². The van der Waals surface area contributed by atoms with Crippen molar-refractivity contribution in [3.8, 4) is 0 Å². The maximum absolute atomic E-state index is 13.4. The lowest BCUT2D eigenvalue weighted by Crippen LogP contribution is -2.54. The van der Waals surface area contributed by atoms with Crippen LogP contribution < -0.4 is 9.80 Å². The highest BCUT2D eigenvalue weighted by Gasteiger charge is 2.33. The number of carbonyl (C=O) groups is 2. The molecule has 2 heterocycles. The number of halogens is 1. The fraction of sp³-hybridized carbons (Fsp3) is 0.462. The Morgan fingerprint density at radius 2 is 1.86 bits per heavy atom. The van der Waals surface area contributed by atoms with Gasteiger partial charge in [-0.2, -0.15) is 0 Å². The van der Waals surface area contributed by atoms with Gasteiger partial charge in [-0.3, -0.25) is 9.59 Å². The molecule has 0 radical (unpaired) electrons. The first kappa shape index (κ1) is 25.7. The second kappa shape index (κ2) is 10.3. The molecule has 0 aliphatic carbocycles. The zero-order valence-corrected chi connectivity index (χ0v) is 22.9. The van der Waals surface area contributed by atoms with Crippen LogP contribution in [-0.4, -0.2) is 63.1 Å². The Kier molecular flexibility index (Phi) is 7.57. The van der Waals surface area contributed by atoms with Gasteiger partial charge in [0.1, 0.15) is 0 Å². The van der Waals surface area contributed by atoms with E-state index in [9.17, 15) is 18.0 Å². The highest BCUT2D eigenvalue weighted by molar-refractivity contribution is 9.10. The Morgan fingerprint density at radius 1 is 1.09 bits per heavy atom. The SMILES string of the molecule is CCC(=O)N1CCc2cc(Br)cc(S(=O)(=O)CCC(=O)N3CCN(c4cccc(C)c4)[C@H](C)C3)c21. The van der Waals surface area contributed by atoms with Crippen molar-refractivity contribution in [2.24, 2.45) is 0 Å². The monoisotopic (exact) mass is 561 g/mol. The predicted octanol–water partition coefficient (Wildman–Crippen LogP) is 3.96. The van der Waals surface area contributed by atoms with Crippen molar-refractivity contribution in [1.29, 1.82) is 0 Å². The molecule has 2 aliphatic heterocycles. The zero-order chi connectivity index (χ0) is 25.3. The summed E-state index contributed by atoms with van der Waals surface area (Å²) in [6.45, 7) is 8.21. The van der Waals surface area contributed by atoms with Crippen LogP contribution in [0.3, 0.4) is 0 Å². The van der Waals surface area contributed by atoms with Gasteiger partial charge in [0.05, 0.1) is 16.3 Å². The van der Waals surface area contributed by atoms with E-state index in [1.807, 2.05) is 12.1 Å². The lowest BCUT2D eigenvalue weighted by Gasteiger charge is -2.41. The summed E-state index contributed by atoms with van der Waals surface area (Å²) in [5, 5.41) is 0. The van der Waals surface area contributed by atoms with Gasteiger partial charge in [0.15, 0.2) is 9.84 Å². The average Bonchev–Trinajstić information content (AvgIpc) is 3.25. The molecular weight excluding hydrogens is 530 g/mol. The Morgan fingerprint density at radius 3 is 2.54 bits per heavy atom. The van der Waals surface area contributed by atoms with E-state index in [0.717, 1.165) is 11.3 Å². The molecule has 0 spiro atoms. The van der Waals surface area contributed by atoms with E-state index in [4.69, 9.17) is 0 Å². The fourth-order valence-electron chi connectivity index (χ4n) is 5.01. The Balaban J connectivity index is 1.45. The van der Waals surface area contributed by atoms with Gasteiger partial charge in [0.25, 0.3) is 0 Å². The zero-order valence-electron chi connectivity index (χ0n) is 20.5. The molecule has 0 unspecified atom stereocenters. The third-order valence-electron chi connectivity index (χ3n) is 6.83. The van der Waals surface area contributed by atoms with E-state index in [1.54, 1.807) is 22.8 Å². The van der Waals surface area contributed by atoms with E-state index in [2.05, 4.69) is 52.9 Å². The first-order chi connectivity index (χ1) is 16.6. The highest BCUT2D eigenvalue weighted by Crippen LogP contribution is 2.38. The quantitative estimate of drug-likeness (QED) is 0.533. The summed E-state index contributed by atoms with van der Waals surface area (Å²) in [4.78, 5) is 31.2.